The molecule has 0 bridgehead atoms. The minimum absolute atomic E-state index is 0.173. The number of esters is 1. The number of rotatable bonds is 9. The van der Waals surface area contributed by atoms with Crippen molar-refractivity contribution in [2.75, 3.05) is 13.7 Å². The zero-order valence-corrected chi connectivity index (χ0v) is 25.5. The molecule has 0 N–H and O–H groups in total. The lowest BCUT2D eigenvalue weighted by molar-refractivity contribution is -0.139. The summed E-state index contributed by atoms with van der Waals surface area (Å²) < 4.78 is 32.4. The van der Waals surface area contributed by atoms with Crippen molar-refractivity contribution in [1.82, 2.24) is 4.57 Å². The van der Waals surface area contributed by atoms with Crippen LogP contribution in [-0.2, 0) is 16.1 Å². The summed E-state index contributed by atoms with van der Waals surface area (Å²) in [5, 5.41) is 0. The van der Waals surface area contributed by atoms with Crippen molar-refractivity contribution in [2.24, 2.45) is 4.99 Å². The number of thiazole rings is 1. The fourth-order valence-electron chi connectivity index (χ4n) is 5.00. The van der Waals surface area contributed by atoms with Crippen molar-refractivity contribution >= 4 is 23.4 Å². The van der Waals surface area contributed by atoms with Gasteiger partial charge >= 0.3 is 5.97 Å². The fourth-order valence-corrected chi connectivity index (χ4v) is 6.05. The lowest BCUT2D eigenvalue weighted by atomic mass is 9.93. The molecule has 2 heterocycles. The highest BCUT2D eigenvalue weighted by Gasteiger charge is 2.33. The van der Waals surface area contributed by atoms with Crippen LogP contribution in [0.2, 0.25) is 0 Å². The summed E-state index contributed by atoms with van der Waals surface area (Å²) >= 11 is 1.26. The Bertz CT molecular complexity index is 1870. The molecule has 0 saturated heterocycles. The fraction of sp³-hybridized carbons (Fsp3) is 0.265. The molecule has 9 heteroatoms. The van der Waals surface area contributed by atoms with E-state index >= 15 is 0 Å². The van der Waals surface area contributed by atoms with E-state index in [2.05, 4.69) is 18.8 Å². The molecular weight excluding hydrogens is 567 g/mol. The number of benzene rings is 3. The first-order valence-electron chi connectivity index (χ1n) is 14.0. The zero-order chi connectivity index (χ0) is 30.7. The number of nitrogens with zero attached hydrogens (tertiary/aromatic N) is 2. The van der Waals surface area contributed by atoms with Gasteiger partial charge in [-0.2, -0.15) is 0 Å². The minimum atomic E-state index is -0.674. The smallest absolute Gasteiger partial charge is 0.338 e. The molecule has 0 amide bonds. The minimum Gasteiger partial charge on any atom is -0.493 e. The van der Waals surface area contributed by atoms with Crippen LogP contribution in [0.5, 0.6) is 11.5 Å². The van der Waals surface area contributed by atoms with E-state index in [-0.39, 0.29) is 24.6 Å². The summed E-state index contributed by atoms with van der Waals surface area (Å²) in [7, 11) is 1.53. The second-order valence-corrected chi connectivity index (χ2v) is 11.5. The molecule has 1 atom stereocenters. The average molecular weight is 601 g/mol. The third-order valence-corrected chi connectivity index (χ3v) is 8.19. The number of ether oxygens (including phenoxy) is 3. The second kappa shape index (κ2) is 12.8. The number of methoxy groups -OCH3 is 1. The maximum atomic E-state index is 13.9. The maximum absolute atomic E-state index is 13.9. The Morgan fingerprint density at radius 2 is 1.86 bits per heavy atom. The number of aromatic nitrogens is 1. The van der Waals surface area contributed by atoms with Crippen LogP contribution >= 0.6 is 11.3 Å². The van der Waals surface area contributed by atoms with Crippen LogP contribution in [0.25, 0.3) is 6.08 Å². The van der Waals surface area contributed by atoms with Gasteiger partial charge in [0.15, 0.2) is 16.3 Å². The topological polar surface area (TPSA) is 79.1 Å². The van der Waals surface area contributed by atoms with Gasteiger partial charge in [-0.05, 0) is 72.4 Å². The van der Waals surface area contributed by atoms with Gasteiger partial charge in [0.1, 0.15) is 12.4 Å². The van der Waals surface area contributed by atoms with Crippen LogP contribution in [0.4, 0.5) is 4.39 Å². The summed E-state index contributed by atoms with van der Waals surface area (Å²) in [5.41, 5.74) is 3.98. The normalized spacial score (nSPS) is 14.9. The number of fused-ring (bicyclic) bond motifs is 1. The molecule has 222 valence electrons. The van der Waals surface area contributed by atoms with Crippen LogP contribution in [0, 0.1) is 5.82 Å². The van der Waals surface area contributed by atoms with E-state index < -0.39 is 12.0 Å². The summed E-state index contributed by atoms with van der Waals surface area (Å²) in [5.74, 6) is 0.484. The molecule has 0 radical (unpaired) electrons. The Morgan fingerprint density at radius 3 is 2.53 bits per heavy atom. The molecule has 0 saturated carbocycles. The summed E-state index contributed by atoms with van der Waals surface area (Å²) in [6, 6.07) is 18.9. The Morgan fingerprint density at radius 1 is 1.09 bits per heavy atom. The van der Waals surface area contributed by atoms with Crippen LogP contribution in [0.3, 0.4) is 0 Å². The molecule has 0 unspecified atom stereocenters. The standard InChI is InChI=1S/C34H33FN2O5S/c1-6-41-33(39)30-21(4)36-34-37(31(30)25-13-11-24(12-14-25)20(2)3)32(38)29(43-34)18-22-10-15-27(28(17-22)40-5)42-19-23-8-7-9-26(35)16-23/h7-18,20,31H,6,19H2,1-5H3/t31-/m0/s1. The lowest BCUT2D eigenvalue weighted by Crippen LogP contribution is -2.39. The van der Waals surface area contributed by atoms with Gasteiger partial charge in [0.05, 0.1) is 35.6 Å². The van der Waals surface area contributed by atoms with Crippen molar-refractivity contribution in [3.63, 3.8) is 0 Å². The first-order valence-corrected chi connectivity index (χ1v) is 14.9. The molecule has 0 fully saturated rings. The van der Waals surface area contributed by atoms with Gasteiger partial charge in [-0.15, -0.1) is 0 Å². The van der Waals surface area contributed by atoms with E-state index in [1.807, 2.05) is 30.3 Å². The van der Waals surface area contributed by atoms with E-state index in [1.54, 1.807) is 48.8 Å². The Labute approximate surface area is 253 Å². The molecule has 5 rings (SSSR count). The Hall–Kier alpha value is -4.50. The largest absolute Gasteiger partial charge is 0.493 e. The number of hydrogen-bond acceptors (Lipinski definition) is 7. The predicted molar refractivity (Wildman–Crippen MR) is 165 cm³/mol. The highest BCUT2D eigenvalue weighted by atomic mass is 32.1. The number of halogens is 1. The van der Waals surface area contributed by atoms with Crippen molar-refractivity contribution in [2.45, 2.75) is 46.3 Å². The van der Waals surface area contributed by atoms with E-state index in [0.717, 1.165) is 16.7 Å². The third kappa shape index (κ3) is 6.32. The van der Waals surface area contributed by atoms with Crippen LogP contribution in [0.1, 0.15) is 61.9 Å². The van der Waals surface area contributed by atoms with Crippen LogP contribution in [-0.4, -0.2) is 24.3 Å². The van der Waals surface area contributed by atoms with Gasteiger partial charge < -0.3 is 14.2 Å². The number of allylic oxidation sites excluding steroid dienone is 1. The SMILES string of the molecule is CCOC(=O)C1=C(C)N=c2sc(=Cc3ccc(OCc4cccc(F)c4)c(OC)c3)c(=O)n2[C@H]1c1ccc(C(C)C)cc1. The summed E-state index contributed by atoms with van der Waals surface area (Å²) in [6.45, 7) is 8.14. The van der Waals surface area contributed by atoms with Crippen molar-refractivity contribution in [3.8, 4) is 11.5 Å². The van der Waals surface area contributed by atoms with Gasteiger partial charge in [-0.3, -0.25) is 9.36 Å². The van der Waals surface area contributed by atoms with Crippen molar-refractivity contribution in [3.05, 3.63) is 126 Å². The lowest BCUT2D eigenvalue weighted by Gasteiger charge is -2.25. The summed E-state index contributed by atoms with van der Waals surface area (Å²) in [4.78, 5) is 32.2. The molecule has 1 aliphatic heterocycles. The highest BCUT2D eigenvalue weighted by molar-refractivity contribution is 7.07. The Kier molecular flexibility index (Phi) is 8.92. The zero-order valence-electron chi connectivity index (χ0n) is 24.7. The average Bonchev–Trinajstić information content (AvgIpc) is 3.29. The monoisotopic (exact) mass is 600 g/mol. The third-order valence-electron chi connectivity index (χ3n) is 7.20. The molecule has 0 spiro atoms. The van der Waals surface area contributed by atoms with Crippen molar-refractivity contribution in [1.29, 1.82) is 0 Å². The highest BCUT2D eigenvalue weighted by Crippen LogP contribution is 2.32. The number of carbonyl (C=O) groups excluding carboxylic acids is 1. The van der Waals surface area contributed by atoms with E-state index in [0.29, 0.717) is 43.6 Å². The first-order chi connectivity index (χ1) is 20.7. The van der Waals surface area contributed by atoms with E-state index in [1.165, 1.54) is 30.6 Å². The second-order valence-electron chi connectivity index (χ2n) is 10.5. The number of carbonyl (C=O) groups is 1. The van der Waals surface area contributed by atoms with Gasteiger partial charge in [0.2, 0.25) is 0 Å². The summed E-state index contributed by atoms with van der Waals surface area (Å²) in [6.07, 6.45) is 1.77. The maximum Gasteiger partial charge on any atom is 0.338 e. The molecule has 1 aromatic heterocycles. The first kappa shape index (κ1) is 30.0. The van der Waals surface area contributed by atoms with Crippen molar-refractivity contribution < 1.29 is 23.4 Å². The molecule has 7 nitrogen and oxygen atoms in total. The quantitative estimate of drug-likeness (QED) is 0.232. The van der Waals surface area contributed by atoms with Gasteiger partial charge in [-0.25, -0.2) is 14.2 Å². The van der Waals surface area contributed by atoms with Gasteiger partial charge in [-0.1, -0.05) is 67.6 Å². The van der Waals surface area contributed by atoms with Crippen LogP contribution in [0.15, 0.2) is 87.8 Å². The molecule has 4 aromatic rings. The molecule has 1 aliphatic rings. The van der Waals surface area contributed by atoms with Gasteiger partial charge in [0, 0.05) is 0 Å². The predicted octanol–water partition coefficient (Wildman–Crippen LogP) is 5.65. The van der Waals surface area contributed by atoms with Gasteiger partial charge in [0.25, 0.3) is 5.56 Å². The van der Waals surface area contributed by atoms with E-state index in [9.17, 15) is 14.0 Å². The molecule has 43 heavy (non-hydrogen) atoms. The number of hydrogen-bond donors (Lipinski definition) is 0. The van der Waals surface area contributed by atoms with E-state index in [4.69, 9.17) is 14.2 Å². The van der Waals surface area contributed by atoms with Crippen LogP contribution < -0.4 is 24.4 Å². The molecular formula is C34H33FN2O5S. The Balaban J connectivity index is 1.54. The molecule has 3 aromatic carbocycles. The molecule has 0 aliphatic carbocycles.